The third-order valence-electron chi connectivity index (χ3n) is 2.54. The SMILES string of the molecule is COC(=O)C(=CSc1ccc(Cl)cc1)Sc1ccc(Cl)cc1. The number of hydrogen-bond acceptors (Lipinski definition) is 4. The fourth-order valence-electron chi connectivity index (χ4n) is 1.48. The highest BCUT2D eigenvalue weighted by molar-refractivity contribution is 8.06. The van der Waals surface area contributed by atoms with Gasteiger partial charge in [0.25, 0.3) is 0 Å². The van der Waals surface area contributed by atoms with Crippen molar-refractivity contribution >= 4 is 52.7 Å². The van der Waals surface area contributed by atoms with Crippen molar-refractivity contribution < 1.29 is 9.53 Å². The molecule has 0 aromatic heterocycles. The highest BCUT2D eigenvalue weighted by Gasteiger charge is 2.12. The molecule has 2 nitrogen and oxygen atoms in total. The van der Waals surface area contributed by atoms with Crippen LogP contribution in [0.1, 0.15) is 0 Å². The molecule has 6 heteroatoms. The van der Waals surface area contributed by atoms with Crippen LogP contribution in [0.15, 0.2) is 68.6 Å². The van der Waals surface area contributed by atoms with Crippen LogP contribution in [0, 0.1) is 0 Å². The second-order valence-electron chi connectivity index (χ2n) is 4.10. The first-order valence-electron chi connectivity index (χ1n) is 6.22. The Labute approximate surface area is 147 Å². The first kappa shape index (κ1) is 17.3. The van der Waals surface area contributed by atoms with E-state index in [-0.39, 0.29) is 5.97 Å². The molecule has 0 aliphatic heterocycles. The van der Waals surface area contributed by atoms with Crippen molar-refractivity contribution in [3.05, 3.63) is 68.9 Å². The maximum Gasteiger partial charge on any atom is 0.345 e. The molecule has 0 unspecified atom stereocenters. The minimum Gasteiger partial charge on any atom is -0.465 e. The molecular formula is C16H12Cl2O2S2. The molecule has 0 saturated carbocycles. The van der Waals surface area contributed by atoms with Crippen LogP contribution in [-0.2, 0) is 9.53 Å². The van der Waals surface area contributed by atoms with E-state index < -0.39 is 0 Å². The lowest BCUT2D eigenvalue weighted by Gasteiger charge is -2.06. The van der Waals surface area contributed by atoms with Gasteiger partial charge in [-0.3, -0.25) is 0 Å². The van der Waals surface area contributed by atoms with Gasteiger partial charge in [0, 0.05) is 19.8 Å². The minimum atomic E-state index is -0.374. The Hall–Kier alpha value is -1.07. The Morgan fingerprint density at radius 2 is 1.45 bits per heavy atom. The van der Waals surface area contributed by atoms with Gasteiger partial charge in [0.1, 0.15) is 4.91 Å². The molecule has 2 aromatic rings. The number of hydrogen-bond donors (Lipinski definition) is 0. The van der Waals surface area contributed by atoms with Crippen LogP contribution < -0.4 is 0 Å². The van der Waals surface area contributed by atoms with Gasteiger partial charge in [0.05, 0.1) is 7.11 Å². The van der Waals surface area contributed by atoms with Gasteiger partial charge in [-0.05, 0) is 53.9 Å². The summed E-state index contributed by atoms with van der Waals surface area (Å²) in [5.41, 5.74) is 0. The fraction of sp³-hybridized carbons (Fsp3) is 0.0625. The van der Waals surface area contributed by atoms with E-state index >= 15 is 0 Å². The Morgan fingerprint density at radius 1 is 0.955 bits per heavy atom. The van der Waals surface area contributed by atoms with E-state index in [9.17, 15) is 4.79 Å². The molecule has 0 bridgehead atoms. The highest BCUT2D eigenvalue weighted by Crippen LogP contribution is 2.32. The van der Waals surface area contributed by atoms with Crippen molar-refractivity contribution in [2.45, 2.75) is 9.79 Å². The van der Waals surface area contributed by atoms with Crippen LogP contribution in [0.4, 0.5) is 0 Å². The Bertz CT molecular complexity index is 668. The van der Waals surface area contributed by atoms with Crippen molar-refractivity contribution in [2.24, 2.45) is 0 Å². The quantitative estimate of drug-likeness (QED) is 0.372. The van der Waals surface area contributed by atoms with E-state index in [1.807, 2.05) is 36.4 Å². The number of thioether (sulfide) groups is 2. The Balaban J connectivity index is 2.14. The predicted molar refractivity (Wildman–Crippen MR) is 94.7 cm³/mol. The van der Waals surface area contributed by atoms with Crippen LogP contribution in [0.5, 0.6) is 0 Å². The molecule has 0 aliphatic carbocycles. The van der Waals surface area contributed by atoms with Crippen molar-refractivity contribution in [3.8, 4) is 0 Å². The molecule has 2 rings (SSSR count). The lowest BCUT2D eigenvalue weighted by molar-refractivity contribution is -0.135. The number of methoxy groups -OCH3 is 1. The number of benzene rings is 2. The van der Waals surface area contributed by atoms with E-state index in [4.69, 9.17) is 27.9 Å². The lowest BCUT2D eigenvalue weighted by Crippen LogP contribution is -2.01. The van der Waals surface area contributed by atoms with Crippen molar-refractivity contribution in [1.82, 2.24) is 0 Å². The minimum absolute atomic E-state index is 0.374. The number of carbonyl (C=O) groups excluding carboxylic acids is 1. The summed E-state index contributed by atoms with van der Waals surface area (Å²) in [6.45, 7) is 0. The summed E-state index contributed by atoms with van der Waals surface area (Å²) in [4.78, 5) is 14.3. The van der Waals surface area contributed by atoms with Gasteiger partial charge in [-0.1, -0.05) is 46.7 Å². The van der Waals surface area contributed by atoms with E-state index in [2.05, 4.69) is 0 Å². The zero-order chi connectivity index (χ0) is 15.9. The monoisotopic (exact) mass is 370 g/mol. The van der Waals surface area contributed by atoms with Gasteiger partial charge in [0.15, 0.2) is 0 Å². The van der Waals surface area contributed by atoms with Crippen molar-refractivity contribution in [1.29, 1.82) is 0 Å². The third-order valence-corrected chi connectivity index (χ3v) is 5.11. The Kier molecular flexibility index (Phi) is 6.70. The van der Waals surface area contributed by atoms with Gasteiger partial charge in [-0.15, -0.1) is 0 Å². The third kappa shape index (κ3) is 5.29. The molecule has 22 heavy (non-hydrogen) atoms. The smallest absolute Gasteiger partial charge is 0.345 e. The maximum atomic E-state index is 11.9. The maximum absolute atomic E-state index is 11.9. The summed E-state index contributed by atoms with van der Waals surface area (Å²) < 4.78 is 4.83. The second-order valence-corrected chi connectivity index (χ2v) is 7.03. The predicted octanol–water partition coefficient (Wildman–Crippen LogP) is 5.89. The molecule has 0 spiro atoms. The van der Waals surface area contributed by atoms with E-state index in [0.717, 1.165) is 9.79 Å². The van der Waals surface area contributed by atoms with Crippen LogP contribution >= 0.6 is 46.7 Å². The van der Waals surface area contributed by atoms with Gasteiger partial charge < -0.3 is 4.74 Å². The molecule has 0 N–H and O–H groups in total. The summed E-state index contributed by atoms with van der Waals surface area (Å²) >= 11 is 14.5. The average molecular weight is 371 g/mol. The molecule has 0 amide bonds. The van der Waals surface area contributed by atoms with Gasteiger partial charge in [-0.25, -0.2) is 4.79 Å². The lowest BCUT2D eigenvalue weighted by atomic mass is 10.4. The summed E-state index contributed by atoms with van der Waals surface area (Å²) in [6, 6.07) is 14.7. The summed E-state index contributed by atoms with van der Waals surface area (Å²) in [5.74, 6) is -0.374. The fourth-order valence-corrected chi connectivity index (χ4v) is 3.39. The number of halogens is 2. The largest absolute Gasteiger partial charge is 0.465 e. The zero-order valence-corrected chi connectivity index (χ0v) is 14.7. The zero-order valence-electron chi connectivity index (χ0n) is 11.6. The van der Waals surface area contributed by atoms with Crippen LogP contribution in [-0.4, -0.2) is 13.1 Å². The van der Waals surface area contributed by atoms with Crippen molar-refractivity contribution in [2.75, 3.05) is 7.11 Å². The van der Waals surface area contributed by atoms with E-state index in [1.165, 1.54) is 30.6 Å². The van der Waals surface area contributed by atoms with E-state index in [1.54, 1.807) is 17.5 Å². The number of rotatable bonds is 5. The first-order chi connectivity index (χ1) is 10.6. The van der Waals surface area contributed by atoms with Gasteiger partial charge in [-0.2, -0.15) is 0 Å². The highest BCUT2D eigenvalue weighted by atomic mass is 35.5. The first-order valence-corrected chi connectivity index (χ1v) is 8.68. The van der Waals surface area contributed by atoms with Crippen LogP contribution in [0.3, 0.4) is 0 Å². The standard InChI is InChI=1S/C16H12Cl2O2S2/c1-20-16(19)15(22-14-8-4-12(18)5-9-14)10-21-13-6-2-11(17)3-7-13/h2-10H,1H3. The van der Waals surface area contributed by atoms with Crippen molar-refractivity contribution in [3.63, 3.8) is 0 Å². The summed E-state index contributed by atoms with van der Waals surface area (Å²) in [7, 11) is 1.37. The molecule has 0 fully saturated rings. The molecule has 114 valence electrons. The second kappa shape index (κ2) is 8.53. The average Bonchev–Trinajstić information content (AvgIpc) is 2.54. The van der Waals surface area contributed by atoms with Crippen LogP contribution in [0.25, 0.3) is 0 Å². The van der Waals surface area contributed by atoms with E-state index in [0.29, 0.717) is 15.0 Å². The van der Waals surface area contributed by atoms with Gasteiger partial charge in [0.2, 0.25) is 0 Å². The number of ether oxygens (including phenoxy) is 1. The number of carbonyl (C=O) groups is 1. The molecule has 0 radical (unpaired) electrons. The molecule has 0 saturated heterocycles. The Morgan fingerprint density at radius 3 is 1.95 bits per heavy atom. The molecular weight excluding hydrogens is 359 g/mol. The number of esters is 1. The molecule has 0 atom stereocenters. The molecule has 2 aromatic carbocycles. The topological polar surface area (TPSA) is 26.3 Å². The molecule has 0 heterocycles. The normalized spacial score (nSPS) is 11.3. The summed E-state index contributed by atoms with van der Waals surface area (Å²) in [6.07, 6.45) is 0. The summed E-state index contributed by atoms with van der Waals surface area (Å²) in [5, 5.41) is 3.11. The van der Waals surface area contributed by atoms with Gasteiger partial charge >= 0.3 is 5.97 Å². The molecule has 0 aliphatic rings. The van der Waals surface area contributed by atoms with Crippen LogP contribution in [0.2, 0.25) is 10.0 Å².